The Morgan fingerprint density at radius 2 is 1.88 bits per heavy atom. The Bertz CT molecular complexity index is 1080. The molecule has 2 heterocycles. The molecule has 130 valence electrons. The molecule has 4 rings (SSSR count). The highest BCUT2D eigenvalue weighted by Crippen LogP contribution is 2.27. The van der Waals surface area contributed by atoms with Gasteiger partial charge in [0.1, 0.15) is 0 Å². The van der Waals surface area contributed by atoms with E-state index in [1.165, 1.54) is 0 Å². The minimum absolute atomic E-state index is 0.203. The van der Waals surface area contributed by atoms with Crippen LogP contribution in [0.3, 0.4) is 0 Å². The molecule has 0 radical (unpaired) electrons. The minimum atomic E-state index is -0.449. The van der Waals surface area contributed by atoms with Gasteiger partial charge >= 0.3 is 0 Å². The van der Waals surface area contributed by atoms with Gasteiger partial charge in [-0.3, -0.25) is 9.48 Å². The number of benzene rings is 2. The van der Waals surface area contributed by atoms with Crippen molar-refractivity contribution >= 4 is 16.8 Å². The Morgan fingerprint density at radius 3 is 2.58 bits per heavy atom. The Hall–Kier alpha value is -3.52. The molecule has 4 N–H and O–H groups in total. The monoisotopic (exact) mass is 348 g/mol. The van der Waals surface area contributed by atoms with Gasteiger partial charge in [0.2, 0.25) is 5.91 Å². The fourth-order valence-electron chi connectivity index (χ4n) is 2.79. The molecule has 2 aromatic carbocycles. The average Bonchev–Trinajstić information content (AvgIpc) is 3.27. The van der Waals surface area contributed by atoms with Crippen LogP contribution in [0.2, 0.25) is 0 Å². The molecule has 8 nitrogen and oxygen atoms in total. The number of carbonyl (C=O) groups is 1. The molecule has 0 aliphatic rings. The van der Waals surface area contributed by atoms with Crippen LogP contribution in [0.5, 0.6) is 0 Å². The Kier molecular flexibility index (Phi) is 3.94. The molecule has 0 spiro atoms. The summed E-state index contributed by atoms with van der Waals surface area (Å²) in [5.74, 6) is 0.320. The van der Waals surface area contributed by atoms with Crippen molar-refractivity contribution in [2.75, 3.05) is 0 Å². The summed E-state index contributed by atoms with van der Waals surface area (Å²) < 4.78 is 7.14. The number of fused-ring (bicyclic) bond motifs is 1. The molecule has 0 aliphatic carbocycles. The molecule has 0 saturated carbocycles. The highest BCUT2D eigenvalue weighted by Gasteiger charge is 2.17. The van der Waals surface area contributed by atoms with E-state index in [-0.39, 0.29) is 6.54 Å². The topological polar surface area (TPSA) is 126 Å². The first-order chi connectivity index (χ1) is 12.7. The number of nitrogens with zero attached hydrogens (tertiary/aromatic N) is 4. The SMILES string of the molecule is NCc1noc(-c2nn(Cc3ccc(C(N)=O)cc3)c3ccccc23)n1. The van der Waals surface area contributed by atoms with Crippen LogP contribution in [-0.4, -0.2) is 25.8 Å². The second kappa shape index (κ2) is 6.41. The number of hydrogen-bond acceptors (Lipinski definition) is 6. The van der Waals surface area contributed by atoms with Gasteiger partial charge in [0.05, 0.1) is 18.6 Å². The number of aromatic nitrogens is 4. The number of amides is 1. The average molecular weight is 348 g/mol. The first-order valence-corrected chi connectivity index (χ1v) is 8.03. The summed E-state index contributed by atoms with van der Waals surface area (Å²) in [7, 11) is 0. The summed E-state index contributed by atoms with van der Waals surface area (Å²) in [6.45, 7) is 0.728. The molecule has 4 aromatic rings. The number of rotatable bonds is 5. The zero-order chi connectivity index (χ0) is 18.1. The van der Waals surface area contributed by atoms with Crippen molar-refractivity contribution in [3.63, 3.8) is 0 Å². The van der Waals surface area contributed by atoms with Crippen molar-refractivity contribution in [3.05, 3.63) is 65.5 Å². The quantitative estimate of drug-likeness (QED) is 0.565. The van der Waals surface area contributed by atoms with E-state index in [4.69, 9.17) is 16.0 Å². The number of hydrogen-bond donors (Lipinski definition) is 2. The molecule has 0 atom stereocenters. The molecule has 26 heavy (non-hydrogen) atoms. The molecule has 0 saturated heterocycles. The first kappa shape index (κ1) is 16.0. The molecule has 1 amide bonds. The van der Waals surface area contributed by atoms with Gasteiger partial charge in [-0.25, -0.2) is 0 Å². The van der Waals surface area contributed by atoms with Gasteiger partial charge in [-0.05, 0) is 23.8 Å². The summed E-state index contributed by atoms with van der Waals surface area (Å²) in [5, 5.41) is 9.39. The maximum atomic E-state index is 11.2. The lowest BCUT2D eigenvalue weighted by Gasteiger charge is -2.04. The predicted molar refractivity (Wildman–Crippen MR) is 95.0 cm³/mol. The zero-order valence-corrected chi connectivity index (χ0v) is 13.8. The van der Waals surface area contributed by atoms with Crippen LogP contribution in [0.15, 0.2) is 53.1 Å². The second-order valence-corrected chi connectivity index (χ2v) is 5.80. The largest absolute Gasteiger partial charge is 0.366 e. The molecular formula is C18H16N6O2. The lowest BCUT2D eigenvalue weighted by Crippen LogP contribution is -2.11. The van der Waals surface area contributed by atoms with E-state index in [1.807, 2.05) is 41.1 Å². The van der Waals surface area contributed by atoms with Crippen LogP contribution < -0.4 is 11.5 Å². The fourth-order valence-corrected chi connectivity index (χ4v) is 2.79. The van der Waals surface area contributed by atoms with E-state index in [0.717, 1.165) is 16.5 Å². The molecular weight excluding hydrogens is 332 g/mol. The lowest BCUT2D eigenvalue weighted by molar-refractivity contribution is 0.100. The molecule has 0 unspecified atom stereocenters. The van der Waals surface area contributed by atoms with E-state index >= 15 is 0 Å². The number of primary amides is 1. The Balaban J connectivity index is 1.74. The summed E-state index contributed by atoms with van der Waals surface area (Å²) in [6.07, 6.45) is 0. The maximum Gasteiger partial charge on any atom is 0.279 e. The van der Waals surface area contributed by atoms with Gasteiger partial charge < -0.3 is 16.0 Å². The third-order valence-corrected chi connectivity index (χ3v) is 4.08. The number of para-hydroxylation sites is 1. The highest BCUT2D eigenvalue weighted by atomic mass is 16.5. The smallest absolute Gasteiger partial charge is 0.279 e. The molecule has 2 aromatic heterocycles. The lowest BCUT2D eigenvalue weighted by atomic mass is 10.1. The van der Waals surface area contributed by atoms with E-state index in [0.29, 0.717) is 29.5 Å². The molecule has 8 heteroatoms. The van der Waals surface area contributed by atoms with E-state index in [2.05, 4.69) is 15.2 Å². The fraction of sp³-hybridized carbons (Fsp3) is 0.111. The van der Waals surface area contributed by atoms with Crippen LogP contribution in [0.1, 0.15) is 21.7 Å². The second-order valence-electron chi connectivity index (χ2n) is 5.80. The van der Waals surface area contributed by atoms with Crippen LogP contribution in [0.25, 0.3) is 22.5 Å². The van der Waals surface area contributed by atoms with Gasteiger partial charge in [-0.1, -0.05) is 35.5 Å². The van der Waals surface area contributed by atoms with Crippen LogP contribution in [0.4, 0.5) is 0 Å². The highest BCUT2D eigenvalue weighted by molar-refractivity contribution is 5.93. The van der Waals surface area contributed by atoms with Crippen molar-refractivity contribution in [1.82, 2.24) is 19.9 Å². The number of nitrogens with two attached hydrogens (primary N) is 2. The van der Waals surface area contributed by atoms with Crippen LogP contribution >= 0.6 is 0 Å². The van der Waals surface area contributed by atoms with E-state index in [1.54, 1.807) is 12.1 Å². The van der Waals surface area contributed by atoms with Gasteiger partial charge in [0.15, 0.2) is 11.5 Å². The van der Waals surface area contributed by atoms with Gasteiger partial charge in [-0.2, -0.15) is 10.1 Å². The predicted octanol–water partition coefficient (Wildman–Crippen LogP) is 1.69. The van der Waals surface area contributed by atoms with Gasteiger partial charge in [0.25, 0.3) is 5.89 Å². The van der Waals surface area contributed by atoms with Crippen molar-refractivity contribution in [1.29, 1.82) is 0 Å². The molecule has 0 bridgehead atoms. The Morgan fingerprint density at radius 1 is 1.12 bits per heavy atom. The van der Waals surface area contributed by atoms with E-state index < -0.39 is 5.91 Å². The van der Waals surface area contributed by atoms with Crippen molar-refractivity contribution in [2.24, 2.45) is 11.5 Å². The molecule has 0 aliphatic heterocycles. The van der Waals surface area contributed by atoms with Crippen molar-refractivity contribution in [3.8, 4) is 11.6 Å². The summed E-state index contributed by atoms with van der Waals surface area (Å²) >= 11 is 0. The summed E-state index contributed by atoms with van der Waals surface area (Å²) in [5.41, 5.74) is 13.8. The normalized spacial score (nSPS) is 11.1. The Labute approximate surface area is 148 Å². The first-order valence-electron chi connectivity index (χ1n) is 8.03. The van der Waals surface area contributed by atoms with Crippen molar-refractivity contribution in [2.45, 2.75) is 13.1 Å². The number of carbonyl (C=O) groups excluding carboxylic acids is 1. The van der Waals surface area contributed by atoms with Gasteiger partial charge in [0, 0.05) is 10.9 Å². The van der Waals surface area contributed by atoms with Crippen molar-refractivity contribution < 1.29 is 9.32 Å². The summed E-state index contributed by atoms with van der Waals surface area (Å²) in [4.78, 5) is 15.5. The van der Waals surface area contributed by atoms with Crippen LogP contribution in [-0.2, 0) is 13.1 Å². The van der Waals surface area contributed by atoms with Crippen LogP contribution in [0, 0.1) is 0 Å². The minimum Gasteiger partial charge on any atom is -0.366 e. The maximum absolute atomic E-state index is 11.2. The molecule has 0 fully saturated rings. The standard InChI is InChI=1S/C18H16N6O2/c19-9-15-21-18(26-23-15)16-13-3-1-2-4-14(13)24(22-16)10-11-5-7-12(8-6-11)17(20)25/h1-8H,9-10,19H2,(H2,20,25). The third kappa shape index (κ3) is 2.82. The van der Waals surface area contributed by atoms with E-state index in [9.17, 15) is 4.79 Å². The van der Waals surface area contributed by atoms with Gasteiger partial charge in [-0.15, -0.1) is 0 Å². The third-order valence-electron chi connectivity index (χ3n) is 4.08. The summed E-state index contributed by atoms with van der Waals surface area (Å²) in [6, 6.07) is 14.9. The zero-order valence-electron chi connectivity index (χ0n) is 13.8.